The zero-order chi connectivity index (χ0) is 23.3. The lowest BCUT2D eigenvalue weighted by Crippen LogP contribution is -2.12. The molecule has 0 aliphatic rings. The van der Waals surface area contributed by atoms with E-state index >= 15 is 0 Å². The molecular weight excluding hydrogens is 390 g/mol. The fourth-order valence-electron chi connectivity index (χ4n) is 4.53. The van der Waals surface area contributed by atoms with E-state index in [1.165, 1.54) is 121 Å². The third-order valence-electron chi connectivity index (χ3n) is 6.66. The monoisotopic (exact) mass is 443 g/mol. The number of carbonyl (C=O) groups is 1. The zero-order valence-electron chi connectivity index (χ0n) is 21.8. The summed E-state index contributed by atoms with van der Waals surface area (Å²) in [5.74, 6) is 0.156. The molecule has 0 spiro atoms. The Balaban J connectivity index is 1.79. The first-order valence-electron chi connectivity index (χ1n) is 14.0. The number of anilines is 1. The maximum absolute atomic E-state index is 12.1. The third kappa shape index (κ3) is 16.3. The summed E-state index contributed by atoms with van der Waals surface area (Å²) in [4.78, 5) is 12.1. The molecule has 2 nitrogen and oxygen atoms in total. The molecule has 0 saturated carbocycles. The molecule has 0 atom stereocenters. The molecule has 1 rings (SSSR count). The fourth-order valence-corrected chi connectivity index (χ4v) is 4.53. The summed E-state index contributed by atoms with van der Waals surface area (Å²) in [6.45, 7) is 6.43. The smallest absolute Gasteiger partial charge is 0.224 e. The lowest BCUT2D eigenvalue weighted by molar-refractivity contribution is -0.116. The summed E-state index contributed by atoms with van der Waals surface area (Å²) in [6, 6.07) is 6.19. The maximum atomic E-state index is 12.1. The van der Waals surface area contributed by atoms with Crippen LogP contribution in [0.25, 0.3) is 0 Å². The van der Waals surface area contributed by atoms with Gasteiger partial charge in [0.15, 0.2) is 0 Å². The second-order valence-electron chi connectivity index (χ2n) is 9.98. The molecule has 2 heteroatoms. The van der Waals surface area contributed by atoms with Gasteiger partial charge in [0.2, 0.25) is 5.91 Å². The van der Waals surface area contributed by atoms with Gasteiger partial charge in [-0.05, 0) is 31.9 Å². The molecule has 0 unspecified atom stereocenters. The first kappa shape index (κ1) is 28.7. The number of aryl methyl sites for hydroxylation is 2. The highest BCUT2D eigenvalue weighted by Gasteiger charge is 2.04. The van der Waals surface area contributed by atoms with Crippen LogP contribution in [0, 0.1) is 13.8 Å². The van der Waals surface area contributed by atoms with Crippen molar-refractivity contribution in [3.63, 3.8) is 0 Å². The highest BCUT2D eigenvalue weighted by molar-refractivity contribution is 5.91. The molecule has 1 aromatic rings. The van der Waals surface area contributed by atoms with Gasteiger partial charge in [0.05, 0.1) is 0 Å². The summed E-state index contributed by atoms with van der Waals surface area (Å²) in [5, 5.41) is 3.06. The van der Waals surface area contributed by atoms with E-state index in [1.54, 1.807) is 0 Å². The predicted octanol–water partition coefficient (Wildman–Crippen LogP) is 10.1. The number of carbonyl (C=O) groups excluding carboxylic acids is 1. The molecule has 0 saturated heterocycles. The average molecular weight is 444 g/mol. The molecule has 0 fully saturated rings. The van der Waals surface area contributed by atoms with Crippen molar-refractivity contribution in [2.75, 3.05) is 5.32 Å². The molecule has 0 heterocycles. The van der Waals surface area contributed by atoms with Gasteiger partial charge in [0.1, 0.15) is 0 Å². The molecule has 0 aliphatic heterocycles. The van der Waals surface area contributed by atoms with E-state index in [4.69, 9.17) is 0 Å². The van der Waals surface area contributed by atoms with Crippen molar-refractivity contribution < 1.29 is 4.79 Å². The highest BCUT2D eigenvalue weighted by atomic mass is 16.1. The largest absolute Gasteiger partial charge is 0.326 e. The van der Waals surface area contributed by atoms with Crippen LogP contribution in [0.5, 0.6) is 0 Å². The zero-order valence-corrected chi connectivity index (χ0v) is 21.8. The molecule has 0 aromatic heterocycles. The number of hydrogen-bond acceptors (Lipinski definition) is 1. The number of amides is 1. The molecule has 0 radical (unpaired) electrons. The first-order valence-corrected chi connectivity index (χ1v) is 14.0. The van der Waals surface area contributed by atoms with Crippen LogP contribution in [0.3, 0.4) is 0 Å². The SMILES string of the molecule is CCCCCCCCCCCCCCCCCCCCCC(=O)Nc1ccc(C)cc1C. The van der Waals surface area contributed by atoms with Gasteiger partial charge in [-0.15, -0.1) is 0 Å². The van der Waals surface area contributed by atoms with E-state index in [0.717, 1.165) is 17.7 Å². The highest BCUT2D eigenvalue weighted by Crippen LogP contribution is 2.17. The van der Waals surface area contributed by atoms with Gasteiger partial charge in [0, 0.05) is 12.1 Å². The molecule has 1 N–H and O–H groups in total. The van der Waals surface area contributed by atoms with Crippen molar-refractivity contribution >= 4 is 11.6 Å². The van der Waals surface area contributed by atoms with E-state index in [2.05, 4.69) is 38.2 Å². The second kappa shape index (κ2) is 20.3. The first-order chi connectivity index (χ1) is 15.6. The van der Waals surface area contributed by atoms with Crippen LogP contribution in [-0.2, 0) is 4.79 Å². The molecule has 0 bridgehead atoms. The van der Waals surface area contributed by atoms with Gasteiger partial charge in [-0.25, -0.2) is 0 Å². The Morgan fingerprint density at radius 3 is 1.44 bits per heavy atom. The van der Waals surface area contributed by atoms with E-state index in [-0.39, 0.29) is 5.91 Å². The molecule has 184 valence electrons. The lowest BCUT2D eigenvalue weighted by atomic mass is 10.0. The molecule has 0 aliphatic carbocycles. The van der Waals surface area contributed by atoms with Crippen LogP contribution >= 0.6 is 0 Å². The van der Waals surface area contributed by atoms with Crippen LogP contribution in [0.15, 0.2) is 18.2 Å². The average Bonchev–Trinajstić information content (AvgIpc) is 2.77. The minimum absolute atomic E-state index is 0.156. The Hall–Kier alpha value is -1.31. The van der Waals surface area contributed by atoms with Crippen molar-refractivity contribution in [2.24, 2.45) is 0 Å². The molecular formula is C30H53NO. The minimum Gasteiger partial charge on any atom is -0.326 e. The van der Waals surface area contributed by atoms with Gasteiger partial charge in [0.25, 0.3) is 0 Å². The molecule has 1 aromatic carbocycles. The normalized spacial score (nSPS) is 11.1. The topological polar surface area (TPSA) is 29.1 Å². The van der Waals surface area contributed by atoms with Crippen molar-refractivity contribution in [3.05, 3.63) is 29.3 Å². The third-order valence-corrected chi connectivity index (χ3v) is 6.66. The Labute approximate surface area is 200 Å². The Morgan fingerprint density at radius 1 is 0.625 bits per heavy atom. The second-order valence-corrected chi connectivity index (χ2v) is 9.98. The minimum atomic E-state index is 0.156. The van der Waals surface area contributed by atoms with Gasteiger partial charge in [-0.2, -0.15) is 0 Å². The lowest BCUT2D eigenvalue weighted by Gasteiger charge is -2.09. The van der Waals surface area contributed by atoms with Gasteiger partial charge >= 0.3 is 0 Å². The summed E-state index contributed by atoms with van der Waals surface area (Å²) < 4.78 is 0. The summed E-state index contributed by atoms with van der Waals surface area (Å²) in [6.07, 6.45) is 26.9. The Morgan fingerprint density at radius 2 is 1.03 bits per heavy atom. The van der Waals surface area contributed by atoms with Crippen LogP contribution in [0.1, 0.15) is 146 Å². The number of unbranched alkanes of at least 4 members (excludes halogenated alkanes) is 18. The summed E-state index contributed by atoms with van der Waals surface area (Å²) in [7, 11) is 0. The summed E-state index contributed by atoms with van der Waals surface area (Å²) in [5.41, 5.74) is 3.34. The quantitative estimate of drug-likeness (QED) is 0.188. The van der Waals surface area contributed by atoms with E-state index in [1.807, 2.05) is 6.07 Å². The standard InChI is InChI=1S/C30H53NO/c1-4-5-6-7-8-9-10-11-12-13-14-15-16-17-18-19-20-21-22-23-30(32)31-29-25-24-27(2)26-28(29)3/h24-26H,4-23H2,1-3H3,(H,31,32). The van der Waals surface area contributed by atoms with Gasteiger partial charge in [-0.1, -0.05) is 140 Å². The summed E-state index contributed by atoms with van der Waals surface area (Å²) >= 11 is 0. The maximum Gasteiger partial charge on any atom is 0.224 e. The van der Waals surface area contributed by atoms with Gasteiger partial charge in [-0.3, -0.25) is 4.79 Å². The Bertz CT molecular complexity index is 580. The van der Waals surface area contributed by atoms with Crippen LogP contribution in [0.2, 0.25) is 0 Å². The number of nitrogens with one attached hydrogen (secondary N) is 1. The van der Waals surface area contributed by atoms with Crippen molar-refractivity contribution in [3.8, 4) is 0 Å². The number of rotatable bonds is 21. The van der Waals surface area contributed by atoms with Crippen molar-refractivity contribution in [1.82, 2.24) is 0 Å². The van der Waals surface area contributed by atoms with Gasteiger partial charge < -0.3 is 5.32 Å². The fraction of sp³-hybridized carbons (Fsp3) is 0.767. The van der Waals surface area contributed by atoms with Crippen molar-refractivity contribution in [1.29, 1.82) is 0 Å². The van der Waals surface area contributed by atoms with Crippen LogP contribution in [0.4, 0.5) is 5.69 Å². The molecule has 1 amide bonds. The van der Waals surface area contributed by atoms with E-state index in [9.17, 15) is 4.79 Å². The van der Waals surface area contributed by atoms with E-state index in [0.29, 0.717) is 6.42 Å². The van der Waals surface area contributed by atoms with Crippen LogP contribution in [-0.4, -0.2) is 5.91 Å². The van der Waals surface area contributed by atoms with Crippen molar-refractivity contribution in [2.45, 2.75) is 149 Å². The predicted molar refractivity (Wildman–Crippen MR) is 143 cm³/mol. The van der Waals surface area contributed by atoms with Crippen LogP contribution < -0.4 is 5.32 Å². The number of hydrogen-bond donors (Lipinski definition) is 1. The van der Waals surface area contributed by atoms with E-state index < -0.39 is 0 Å². The number of benzene rings is 1. The Kier molecular flexibility index (Phi) is 18.2. The molecule has 32 heavy (non-hydrogen) atoms.